The van der Waals surface area contributed by atoms with Crippen molar-refractivity contribution in [1.82, 2.24) is 10.2 Å². The second kappa shape index (κ2) is 8.35. The summed E-state index contributed by atoms with van der Waals surface area (Å²) in [4.78, 5) is 26.8. The van der Waals surface area contributed by atoms with Gasteiger partial charge >= 0.3 is 0 Å². The Kier molecular flexibility index (Phi) is 6.44. The zero-order valence-corrected chi connectivity index (χ0v) is 14.4. The van der Waals surface area contributed by atoms with Gasteiger partial charge in [-0.3, -0.25) is 14.5 Å². The van der Waals surface area contributed by atoms with Gasteiger partial charge in [0.15, 0.2) is 0 Å². The molecule has 0 atom stereocenters. The van der Waals surface area contributed by atoms with E-state index in [-0.39, 0.29) is 0 Å². The van der Waals surface area contributed by atoms with Crippen LogP contribution in [-0.2, 0) is 14.3 Å². The van der Waals surface area contributed by atoms with Crippen molar-refractivity contribution in [2.75, 3.05) is 44.7 Å². The molecule has 1 aromatic rings. The van der Waals surface area contributed by atoms with Crippen molar-refractivity contribution in [3.8, 4) is 0 Å². The van der Waals surface area contributed by atoms with Crippen LogP contribution < -0.4 is 10.6 Å². The van der Waals surface area contributed by atoms with E-state index in [2.05, 4.69) is 15.5 Å². The summed E-state index contributed by atoms with van der Waals surface area (Å²) in [5, 5.41) is 4.86. The number of benzene rings is 1. The van der Waals surface area contributed by atoms with Gasteiger partial charge in [0.05, 0.1) is 13.2 Å². The second-order valence-electron chi connectivity index (χ2n) is 6.39. The Bertz CT molecular complexity index is 611. The third-order valence-corrected chi connectivity index (χ3v) is 4.15. The van der Waals surface area contributed by atoms with Crippen molar-refractivity contribution in [2.24, 2.45) is 5.41 Å². The van der Waals surface area contributed by atoms with Gasteiger partial charge in [-0.25, -0.2) is 8.78 Å². The number of morpholine rings is 1. The molecule has 6 nitrogen and oxygen atoms in total. The van der Waals surface area contributed by atoms with Crippen molar-refractivity contribution in [2.45, 2.75) is 13.8 Å². The maximum Gasteiger partial charge on any atom is 0.239 e. The van der Waals surface area contributed by atoms with Crippen LogP contribution >= 0.6 is 0 Å². The van der Waals surface area contributed by atoms with Crippen molar-refractivity contribution in [3.63, 3.8) is 0 Å². The zero-order chi connectivity index (χ0) is 18.4. The number of rotatable bonds is 6. The first kappa shape index (κ1) is 19.3. The molecule has 0 bridgehead atoms. The summed E-state index contributed by atoms with van der Waals surface area (Å²) >= 11 is 0. The zero-order valence-electron chi connectivity index (χ0n) is 14.4. The standard InChI is InChI=1S/C17H23F2N3O3/c1-17(2,15(23)20-6-7-22-8-10-25-11-9-22)16(24)21-14-12(18)4-3-5-13(14)19/h3-5H,6-11H2,1-2H3,(H,20,23)(H,21,24). The second-order valence-corrected chi connectivity index (χ2v) is 6.39. The molecular weight excluding hydrogens is 332 g/mol. The molecule has 2 rings (SSSR count). The highest BCUT2D eigenvalue weighted by molar-refractivity contribution is 6.09. The molecule has 0 radical (unpaired) electrons. The van der Waals surface area contributed by atoms with Gasteiger partial charge in [0.25, 0.3) is 0 Å². The van der Waals surface area contributed by atoms with Gasteiger partial charge in [-0.1, -0.05) is 6.07 Å². The van der Waals surface area contributed by atoms with Crippen molar-refractivity contribution in [3.05, 3.63) is 29.8 Å². The number of amides is 2. The predicted molar refractivity (Wildman–Crippen MR) is 89.0 cm³/mol. The maximum absolute atomic E-state index is 13.6. The quantitative estimate of drug-likeness (QED) is 0.757. The van der Waals surface area contributed by atoms with Gasteiger partial charge in [-0.15, -0.1) is 0 Å². The number of ether oxygens (including phenoxy) is 1. The van der Waals surface area contributed by atoms with Crippen molar-refractivity contribution >= 4 is 17.5 Å². The highest BCUT2D eigenvalue weighted by Gasteiger charge is 2.36. The number of para-hydroxylation sites is 1. The first-order valence-corrected chi connectivity index (χ1v) is 8.16. The Balaban J connectivity index is 1.89. The van der Waals surface area contributed by atoms with Crippen LogP contribution in [0.1, 0.15) is 13.8 Å². The van der Waals surface area contributed by atoms with Crippen LogP contribution in [0.5, 0.6) is 0 Å². The summed E-state index contributed by atoms with van der Waals surface area (Å²) in [5.74, 6) is -3.07. The number of hydrogen-bond donors (Lipinski definition) is 2. The lowest BCUT2D eigenvalue weighted by Gasteiger charge is -2.27. The number of anilines is 1. The average Bonchev–Trinajstić information content (AvgIpc) is 2.58. The summed E-state index contributed by atoms with van der Waals surface area (Å²) in [6, 6.07) is 3.27. The smallest absolute Gasteiger partial charge is 0.239 e. The maximum atomic E-state index is 13.6. The third-order valence-electron chi connectivity index (χ3n) is 4.15. The normalized spacial score (nSPS) is 15.7. The molecule has 0 saturated carbocycles. The number of carbonyl (C=O) groups is 2. The van der Waals surface area contributed by atoms with Crippen molar-refractivity contribution < 1.29 is 23.1 Å². The Labute approximate surface area is 145 Å². The summed E-state index contributed by atoms with van der Waals surface area (Å²) in [7, 11) is 0. The molecule has 138 valence electrons. The highest BCUT2D eigenvalue weighted by Crippen LogP contribution is 2.23. The molecule has 0 unspecified atom stereocenters. The summed E-state index contributed by atoms with van der Waals surface area (Å²) in [6.45, 7) is 6.76. The number of nitrogens with zero attached hydrogens (tertiary/aromatic N) is 1. The molecule has 1 aliphatic rings. The Morgan fingerprint density at radius 1 is 1.16 bits per heavy atom. The van der Waals surface area contributed by atoms with E-state index < -0.39 is 34.6 Å². The highest BCUT2D eigenvalue weighted by atomic mass is 19.1. The molecule has 1 heterocycles. The van der Waals surface area contributed by atoms with E-state index in [1.54, 1.807) is 0 Å². The Morgan fingerprint density at radius 3 is 2.36 bits per heavy atom. The minimum Gasteiger partial charge on any atom is -0.379 e. The van der Waals surface area contributed by atoms with E-state index in [1.807, 2.05) is 0 Å². The van der Waals surface area contributed by atoms with Crippen LogP contribution in [0.2, 0.25) is 0 Å². The molecule has 2 amide bonds. The fraction of sp³-hybridized carbons (Fsp3) is 0.529. The van der Waals surface area contributed by atoms with Crippen molar-refractivity contribution in [1.29, 1.82) is 0 Å². The average molecular weight is 355 g/mol. The molecular formula is C17H23F2N3O3. The van der Waals surface area contributed by atoms with E-state index in [1.165, 1.54) is 19.9 Å². The number of hydrogen-bond acceptors (Lipinski definition) is 4. The molecule has 1 fully saturated rings. The van der Waals surface area contributed by atoms with Crippen LogP contribution in [-0.4, -0.2) is 56.1 Å². The van der Waals surface area contributed by atoms with E-state index in [4.69, 9.17) is 4.74 Å². The molecule has 0 aliphatic carbocycles. The number of halogens is 2. The fourth-order valence-electron chi connectivity index (χ4n) is 2.36. The Morgan fingerprint density at radius 2 is 1.76 bits per heavy atom. The van der Waals surface area contributed by atoms with Crippen LogP contribution in [0.3, 0.4) is 0 Å². The van der Waals surface area contributed by atoms with Crippen LogP contribution in [0.25, 0.3) is 0 Å². The largest absolute Gasteiger partial charge is 0.379 e. The summed E-state index contributed by atoms with van der Waals surface area (Å²) in [5.41, 5.74) is -2.03. The third kappa shape index (κ3) is 4.96. The molecule has 0 aromatic heterocycles. The molecule has 0 spiro atoms. The van der Waals surface area contributed by atoms with E-state index in [0.29, 0.717) is 26.3 Å². The van der Waals surface area contributed by atoms with Gasteiger partial charge in [0.1, 0.15) is 22.7 Å². The summed E-state index contributed by atoms with van der Waals surface area (Å²) < 4.78 is 32.5. The van der Waals surface area contributed by atoms with E-state index >= 15 is 0 Å². The van der Waals surface area contributed by atoms with E-state index in [0.717, 1.165) is 25.2 Å². The minimum atomic E-state index is -1.47. The first-order valence-electron chi connectivity index (χ1n) is 8.16. The van der Waals surface area contributed by atoms with E-state index in [9.17, 15) is 18.4 Å². The topological polar surface area (TPSA) is 70.7 Å². The molecule has 8 heteroatoms. The fourth-order valence-corrected chi connectivity index (χ4v) is 2.36. The summed E-state index contributed by atoms with van der Waals surface area (Å²) in [6.07, 6.45) is 0. The van der Waals surface area contributed by atoms with Gasteiger partial charge in [-0.05, 0) is 26.0 Å². The molecule has 1 aromatic carbocycles. The van der Waals surface area contributed by atoms with Gasteiger partial charge in [0, 0.05) is 26.2 Å². The Hall–Kier alpha value is -2.06. The molecule has 2 N–H and O–H groups in total. The van der Waals surface area contributed by atoms with Crippen LogP contribution in [0.15, 0.2) is 18.2 Å². The lowest BCUT2D eigenvalue weighted by molar-refractivity contribution is -0.138. The first-order chi connectivity index (χ1) is 11.8. The van der Waals surface area contributed by atoms with Gasteiger partial charge in [-0.2, -0.15) is 0 Å². The number of carbonyl (C=O) groups excluding carboxylic acids is 2. The SMILES string of the molecule is CC(C)(C(=O)NCCN1CCOCC1)C(=O)Nc1c(F)cccc1F. The minimum absolute atomic E-state index is 0.379. The number of nitrogens with one attached hydrogen (secondary N) is 2. The van der Waals surface area contributed by atoms with Crippen LogP contribution in [0, 0.1) is 17.0 Å². The lowest BCUT2D eigenvalue weighted by atomic mass is 9.91. The van der Waals surface area contributed by atoms with Crippen LogP contribution in [0.4, 0.5) is 14.5 Å². The monoisotopic (exact) mass is 355 g/mol. The lowest BCUT2D eigenvalue weighted by Crippen LogP contribution is -2.48. The predicted octanol–water partition coefficient (Wildman–Crippen LogP) is 1.38. The van der Waals surface area contributed by atoms with Gasteiger partial charge < -0.3 is 15.4 Å². The molecule has 1 saturated heterocycles. The molecule has 1 aliphatic heterocycles. The van der Waals surface area contributed by atoms with Gasteiger partial charge in [0.2, 0.25) is 11.8 Å². The molecule has 25 heavy (non-hydrogen) atoms.